The Kier molecular flexibility index (Phi) is 22.1. The van der Waals surface area contributed by atoms with Crippen LogP contribution in [0, 0.1) is 0 Å². The molecule has 26 nitrogen and oxygen atoms in total. The number of ether oxygens (including phenoxy) is 9. The van der Waals surface area contributed by atoms with Crippen molar-refractivity contribution in [3.63, 3.8) is 0 Å². The summed E-state index contributed by atoms with van der Waals surface area (Å²) in [5.41, 5.74) is -1.54. The zero-order chi connectivity index (χ0) is 49.8. The van der Waals surface area contributed by atoms with Gasteiger partial charge in [-0.2, -0.15) is 0 Å². The number of carbonyl (C=O) groups is 1. The molecule has 4 aliphatic heterocycles. The van der Waals surface area contributed by atoms with Crippen LogP contribution in [-0.2, 0) is 42.7 Å². The molecule has 0 aromatic heterocycles. The summed E-state index contributed by atoms with van der Waals surface area (Å²) >= 11 is 0. The van der Waals surface area contributed by atoms with Crippen molar-refractivity contribution < 1.29 is 109 Å². The fourth-order valence-electron chi connectivity index (χ4n) is 8.50. The molecule has 20 atom stereocenters. The number of aliphatic hydroxyl groups excluding tert-OH is 12. The number of aliphatic hydroxyl groups is 12. The SMILES string of the molecule is CCCCCCCCCCOc1c(NCCO[C@@H]2O[C@H](CO)[C@@H](O[C@@H]3O[C@H](CO)[C@H](O[C@H]4O[C@H](CO)[C@H](O)[C@H](O[C@@H]5O[C@H](CO)[C@H](O)[C@H](O)[C@H]5NC(C)=O)[C@H]4O)[C@H](O)[C@H]3O)[C@H](O)[C@H]2O)c(=O)c1=O. The highest BCUT2D eigenvalue weighted by atomic mass is 16.8. The van der Waals surface area contributed by atoms with Crippen LogP contribution in [0.15, 0.2) is 9.59 Å². The number of hydrogen-bond donors (Lipinski definition) is 14. The van der Waals surface area contributed by atoms with Gasteiger partial charge in [-0.25, -0.2) is 0 Å². The minimum Gasteiger partial charge on any atom is -0.487 e. The molecule has 0 spiro atoms. The van der Waals surface area contributed by atoms with Crippen molar-refractivity contribution in [3.05, 3.63) is 20.4 Å². The smallest absolute Gasteiger partial charge is 0.272 e. The number of amides is 1. The van der Waals surface area contributed by atoms with Crippen LogP contribution in [0.3, 0.4) is 0 Å². The summed E-state index contributed by atoms with van der Waals surface area (Å²) in [6, 6.07) is -1.51. The lowest BCUT2D eigenvalue weighted by Crippen LogP contribution is -2.69. The van der Waals surface area contributed by atoms with Crippen molar-refractivity contribution in [2.45, 2.75) is 188 Å². The van der Waals surface area contributed by atoms with E-state index in [-0.39, 0.29) is 31.2 Å². The van der Waals surface area contributed by atoms with Gasteiger partial charge in [-0.3, -0.25) is 14.4 Å². The van der Waals surface area contributed by atoms with Gasteiger partial charge in [-0.1, -0.05) is 51.9 Å². The first-order valence-electron chi connectivity index (χ1n) is 23.1. The number of rotatable bonds is 26. The molecule has 5 rings (SSSR count). The van der Waals surface area contributed by atoms with Gasteiger partial charge >= 0.3 is 0 Å². The molecule has 0 saturated carbocycles. The van der Waals surface area contributed by atoms with Crippen LogP contribution in [0.5, 0.6) is 5.75 Å². The van der Waals surface area contributed by atoms with Crippen LogP contribution in [-0.4, -0.2) is 236 Å². The second-order valence-corrected chi connectivity index (χ2v) is 17.3. The van der Waals surface area contributed by atoms with E-state index < -0.39 is 166 Å². The Morgan fingerprint density at radius 1 is 0.529 bits per heavy atom. The quantitative estimate of drug-likeness (QED) is 0.0303. The molecule has 0 unspecified atom stereocenters. The third-order valence-electron chi connectivity index (χ3n) is 12.4. The highest BCUT2D eigenvalue weighted by Gasteiger charge is 2.55. The molecule has 0 aliphatic carbocycles. The van der Waals surface area contributed by atoms with Crippen LogP contribution in [0.4, 0.5) is 5.69 Å². The predicted molar refractivity (Wildman–Crippen MR) is 227 cm³/mol. The van der Waals surface area contributed by atoms with E-state index in [1.54, 1.807) is 0 Å². The van der Waals surface area contributed by atoms with Gasteiger partial charge in [0.1, 0.15) is 103 Å². The molecule has 0 radical (unpaired) electrons. The van der Waals surface area contributed by atoms with Crippen molar-refractivity contribution in [3.8, 4) is 5.75 Å². The second-order valence-electron chi connectivity index (χ2n) is 17.3. The fourth-order valence-corrected chi connectivity index (χ4v) is 8.50. The van der Waals surface area contributed by atoms with Gasteiger partial charge in [0.2, 0.25) is 5.91 Å². The summed E-state index contributed by atoms with van der Waals surface area (Å²) < 4.78 is 50.9. The Morgan fingerprint density at radius 2 is 1.01 bits per heavy atom. The maximum absolute atomic E-state index is 12.2. The lowest BCUT2D eigenvalue weighted by molar-refractivity contribution is -0.386. The molecule has 4 saturated heterocycles. The van der Waals surface area contributed by atoms with E-state index >= 15 is 0 Å². The van der Waals surface area contributed by atoms with Gasteiger partial charge in [-0.05, 0) is 6.42 Å². The molecule has 1 amide bonds. The van der Waals surface area contributed by atoms with E-state index in [4.69, 9.17) is 42.6 Å². The number of unbranched alkanes of at least 4 members (excludes halogenated alkanes) is 7. The molecule has 4 aliphatic rings. The average Bonchev–Trinajstić information content (AvgIpc) is 3.32. The molecular weight excluding hydrogens is 916 g/mol. The summed E-state index contributed by atoms with van der Waals surface area (Å²) in [4.78, 5) is 36.3. The second kappa shape index (κ2) is 26.7. The van der Waals surface area contributed by atoms with Crippen molar-refractivity contribution in [2.24, 2.45) is 0 Å². The minimum atomic E-state index is -2.08. The maximum Gasteiger partial charge on any atom is 0.272 e. The summed E-state index contributed by atoms with van der Waals surface area (Å²) in [6.07, 6.45) is -25.3. The number of hydrogen-bond acceptors (Lipinski definition) is 25. The predicted octanol–water partition coefficient (Wildman–Crippen LogP) is -6.35. The molecule has 1 aromatic carbocycles. The monoisotopic (exact) mass is 986 g/mol. The molecule has 26 heteroatoms. The Bertz CT molecular complexity index is 1740. The van der Waals surface area contributed by atoms with E-state index in [0.29, 0.717) is 6.42 Å². The lowest BCUT2D eigenvalue weighted by atomic mass is 9.95. The molecule has 1 aromatic rings. The fraction of sp³-hybridized carbons (Fsp3) is 0.881. The normalized spacial score (nSPS) is 38.9. The summed E-state index contributed by atoms with van der Waals surface area (Å²) in [5, 5.41) is 133. The van der Waals surface area contributed by atoms with Gasteiger partial charge < -0.3 is 115 Å². The van der Waals surface area contributed by atoms with Gasteiger partial charge in [-0.15, -0.1) is 0 Å². The third kappa shape index (κ3) is 13.4. The van der Waals surface area contributed by atoms with E-state index in [1.807, 2.05) is 0 Å². The Morgan fingerprint density at radius 3 is 1.59 bits per heavy atom. The first-order valence-corrected chi connectivity index (χ1v) is 23.1. The van der Waals surface area contributed by atoms with Crippen molar-refractivity contribution in [2.75, 3.05) is 51.5 Å². The number of anilines is 1. The first kappa shape index (κ1) is 56.3. The van der Waals surface area contributed by atoms with Crippen LogP contribution < -0.4 is 26.2 Å². The van der Waals surface area contributed by atoms with Gasteiger partial charge in [0.15, 0.2) is 30.9 Å². The molecule has 4 fully saturated rings. The van der Waals surface area contributed by atoms with Crippen molar-refractivity contribution in [1.29, 1.82) is 0 Å². The first-order chi connectivity index (χ1) is 32.5. The van der Waals surface area contributed by atoms with Gasteiger partial charge in [0.05, 0.1) is 39.6 Å². The van der Waals surface area contributed by atoms with Crippen LogP contribution in [0.25, 0.3) is 0 Å². The Balaban J connectivity index is 1.15. The van der Waals surface area contributed by atoms with E-state index in [2.05, 4.69) is 17.6 Å². The summed E-state index contributed by atoms with van der Waals surface area (Å²) in [5.74, 6) is -0.786. The molecule has 4 heterocycles. The minimum absolute atomic E-state index is 0.0233. The molecule has 14 N–H and O–H groups in total. The highest BCUT2D eigenvalue weighted by Crippen LogP contribution is 2.35. The van der Waals surface area contributed by atoms with Crippen molar-refractivity contribution >= 4 is 11.6 Å². The van der Waals surface area contributed by atoms with Crippen LogP contribution in [0.1, 0.15) is 65.2 Å². The molecule has 68 heavy (non-hydrogen) atoms. The van der Waals surface area contributed by atoms with Crippen LogP contribution >= 0.6 is 0 Å². The summed E-state index contributed by atoms with van der Waals surface area (Å²) in [7, 11) is 0. The zero-order valence-corrected chi connectivity index (χ0v) is 37.9. The zero-order valence-electron chi connectivity index (χ0n) is 37.9. The van der Waals surface area contributed by atoms with E-state index in [0.717, 1.165) is 26.2 Å². The topological polar surface area (TPSA) is 401 Å². The highest BCUT2D eigenvalue weighted by molar-refractivity contribution is 5.73. The average molecular weight is 987 g/mol. The largest absolute Gasteiger partial charge is 0.487 e. The molecule has 392 valence electrons. The lowest BCUT2D eigenvalue weighted by Gasteiger charge is -2.49. The van der Waals surface area contributed by atoms with Crippen LogP contribution in [0.2, 0.25) is 0 Å². The van der Waals surface area contributed by atoms with Gasteiger partial charge in [0.25, 0.3) is 10.9 Å². The molecule has 0 bridgehead atoms. The Hall–Kier alpha value is -2.65. The van der Waals surface area contributed by atoms with Gasteiger partial charge in [0, 0.05) is 13.5 Å². The number of carbonyl (C=O) groups excluding carboxylic acids is 1. The molecular formula is C42H70N2O24. The summed E-state index contributed by atoms with van der Waals surface area (Å²) in [6.45, 7) is -0.336. The van der Waals surface area contributed by atoms with E-state index in [1.165, 1.54) is 25.7 Å². The number of nitrogens with one attached hydrogen (secondary N) is 2. The third-order valence-corrected chi connectivity index (χ3v) is 12.4. The Labute approximate surface area is 390 Å². The maximum atomic E-state index is 12.2. The standard InChI is InChI=1S/C42H70N2O24/c1-3-4-5-6-7-8-9-10-12-60-37-23(27(52)29(37)54)43-11-13-61-40-32(57)30(55)35(21(16-47)64-40)66-41-33(58)31(56)36(22(17-48)65-41)67-42-34(59)38(26(51)20(15-46)63-42)68-39-24(44-18(2)49)28(53)25(50)19(14-45)62-39/h19-22,24-26,28,30-36,38-43,45-48,50-51,53,55-59H,3-17H2,1-2H3,(H,44,49)/t19-,20-,21-,22-,24-,25+,26+,28-,30-,31-,32-,33-,34-,35-,36+,38+,39+,40-,41+,42-/m1/s1. The van der Waals surface area contributed by atoms with Crippen molar-refractivity contribution in [1.82, 2.24) is 5.32 Å². The van der Waals surface area contributed by atoms with E-state index in [9.17, 15) is 75.7 Å².